The number of esters is 1. The van der Waals surface area contributed by atoms with E-state index in [2.05, 4.69) is 0 Å². The van der Waals surface area contributed by atoms with E-state index in [1.54, 1.807) is 36.4 Å². The van der Waals surface area contributed by atoms with Crippen LogP contribution in [0, 0.1) is 6.92 Å². The normalized spacial score (nSPS) is 10.1. The molecule has 2 rings (SSSR count). The number of aryl methyl sites for hydroxylation is 1. The lowest BCUT2D eigenvalue weighted by molar-refractivity contribution is -0.134. The Bertz CT molecular complexity index is 603. The standard InChI is InChI=1S/C17H16O3/c1-13-6-5-9-15(12-13)20-17(19)11-10-16(18)14-7-3-2-4-8-14/h2-9,12H,10-11H2,1H3. The van der Waals surface area contributed by atoms with E-state index in [4.69, 9.17) is 4.74 Å². The molecule has 0 heterocycles. The van der Waals surface area contributed by atoms with Crippen molar-refractivity contribution >= 4 is 11.8 Å². The van der Waals surface area contributed by atoms with Crippen LogP contribution in [0.3, 0.4) is 0 Å². The lowest BCUT2D eigenvalue weighted by Crippen LogP contribution is -2.10. The zero-order valence-corrected chi connectivity index (χ0v) is 11.3. The van der Waals surface area contributed by atoms with Crippen molar-refractivity contribution in [2.24, 2.45) is 0 Å². The summed E-state index contributed by atoms with van der Waals surface area (Å²) in [5, 5.41) is 0. The fraction of sp³-hybridized carbons (Fsp3) is 0.176. The maximum atomic E-state index is 11.8. The highest BCUT2D eigenvalue weighted by molar-refractivity contribution is 5.97. The summed E-state index contributed by atoms with van der Waals surface area (Å²) in [6.45, 7) is 1.93. The molecule has 0 aliphatic carbocycles. The predicted octanol–water partition coefficient (Wildman–Crippen LogP) is 3.56. The molecule has 0 saturated heterocycles. The molecule has 0 unspecified atom stereocenters. The number of hydrogen-bond donors (Lipinski definition) is 0. The van der Waals surface area contributed by atoms with Crippen LogP contribution in [0.1, 0.15) is 28.8 Å². The van der Waals surface area contributed by atoms with Crippen LogP contribution >= 0.6 is 0 Å². The summed E-state index contributed by atoms with van der Waals surface area (Å²) < 4.78 is 5.19. The Labute approximate surface area is 118 Å². The van der Waals surface area contributed by atoms with E-state index in [0.717, 1.165) is 5.56 Å². The second kappa shape index (κ2) is 6.66. The number of rotatable bonds is 5. The topological polar surface area (TPSA) is 43.4 Å². The van der Waals surface area contributed by atoms with Crippen molar-refractivity contribution in [2.45, 2.75) is 19.8 Å². The van der Waals surface area contributed by atoms with Gasteiger partial charge in [0.05, 0.1) is 6.42 Å². The summed E-state index contributed by atoms with van der Waals surface area (Å²) in [4.78, 5) is 23.5. The van der Waals surface area contributed by atoms with Gasteiger partial charge in [-0.05, 0) is 24.6 Å². The molecule has 2 aromatic carbocycles. The van der Waals surface area contributed by atoms with Gasteiger partial charge >= 0.3 is 5.97 Å². The van der Waals surface area contributed by atoms with Gasteiger partial charge < -0.3 is 4.74 Å². The third-order valence-electron chi connectivity index (χ3n) is 2.87. The molecule has 3 nitrogen and oxygen atoms in total. The Balaban J connectivity index is 1.85. The maximum Gasteiger partial charge on any atom is 0.311 e. The fourth-order valence-corrected chi connectivity index (χ4v) is 1.85. The van der Waals surface area contributed by atoms with E-state index >= 15 is 0 Å². The van der Waals surface area contributed by atoms with Gasteiger partial charge in [0.1, 0.15) is 5.75 Å². The maximum absolute atomic E-state index is 11.8. The summed E-state index contributed by atoms with van der Waals surface area (Å²) in [6, 6.07) is 16.2. The molecule has 3 heteroatoms. The van der Waals surface area contributed by atoms with Gasteiger partial charge in [-0.25, -0.2) is 0 Å². The number of Topliss-reactive ketones (excluding diaryl/α,β-unsaturated/α-hetero) is 1. The fourth-order valence-electron chi connectivity index (χ4n) is 1.85. The van der Waals surface area contributed by atoms with Crippen LogP contribution in [0.2, 0.25) is 0 Å². The minimum absolute atomic E-state index is 0.0493. The van der Waals surface area contributed by atoms with Gasteiger partial charge in [0.25, 0.3) is 0 Å². The number of carbonyl (C=O) groups excluding carboxylic acids is 2. The van der Waals surface area contributed by atoms with Crippen LogP contribution in [-0.2, 0) is 4.79 Å². The van der Waals surface area contributed by atoms with Gasteiger partial charge in [0, 0.05) is 12.0 Å². The third-order valence-corrected chi connectivity index (χ3v) is 2.87. The van der Waals surface area contributed by atoms with E-state index in [1.165, 1.54) is 0 Å². The molecule has 0 fully saturated rings. The first-order valence-electron chi connectivity index (χ1n) is 6.51. The van der Waals surface area contributed by atoms with Crippen LogP contribution in [0.4, 0.5) is 0 Å². The lowest BCUT2D eigenvalue weighted by Gasteiger charge is -2.05. The molecule has 0 N–H and O–H groups in total. The van der Waals surface area contributed by atoms with E-state index in [-0.39, 0.29) is 24.6 Å². The van der Waals surface area contributed by atoms with Crippen molar-refractivity contribution in [3.05, 3.63) is 65.7 Å². The zero-order chi connectivity index (χ0) is 14.4. The molecule has 0 aliphatic heterocycles. The van der Waals surface area contributed by atoms with Gasteiger partial charge in [-0.1, -0.05) is 42.5 Å². The van der Waals surface area contributed by atoms with Gasteiger partial charge in [0.15, 0.2) is 5.78 Å². The highest BCUT2D eigenvalue weighted by atomic mass is 16.5. The van der Waals surface area contributed by atoms with Gasteiger partial charge in [-0.3, -0.25) is 9.59 Å². The molecule has 2 aromatic rings. The minimum atomic E-state index is -0.389. The summed E-state index contributed by atoms with van der Waals surface area (Å²) in [5.74, 6) is 0.0776. The molecule has 0 aliphatic rings. The van der Waals surface area contributed by atoms with Crippen LogP contribution in [0.25, 0.3) is 0 Å². The van der Waals surface area contributed by atoms with Gasteiger partial charge in [0.2, 0.25) is 0 Å². The zero-order valence-electron chi connectivity index (χ0n) is 11.3. The quantitative estimate of drug-likeness (QED) is 0.473. The van der Waals surface area contributed by atoms with Crippen molar-refractivity contribution in [3.63, 3.8) is 0 Å². The number of carbonyl (C=O) groups is 2. The number of ether oxygens (including phenoxy) is 1. The van der Waals surface area contributed by atoms with Crippen molar-refractivity contribution in [1.82, 2.24) is 0 Å². The molecule has 0 aromatic heterocycles. The Morgan fingerprint density at radius 1 is 0.950 bits per heavy atom. The number of benzene rings is 2. The van der Waals surface area contributed by atoms with E-state index in [1.807, 2.05) is 25.1 Å². The summed E-state index contributed by atoms with van der Waals surface area (Å²) in [7, 11) is 0. The van der Waals surface area contributed by atoms with Crippen molar-refractivity contribution in [1.29, 1.82) is 0 Å². The first-order chi connectivity index (χ1) is 9.65. The minimum Gasteiger partial charge on any atom is -0.427 e. The SMILES string of the molecule is Cc1cccc(OC(=O)CCC(=O)c2ccccc2)c1. The molecule has 0 saturated carbocycles. The molecule has 0 spiro atoms. The predicted molar refractivity (Wildman–Crippen MR) is 76.8 cm³/mol. The molecular formula is C17H16O3. The lowest BCUT2D eigenvalue weighted by atomic mass is 10.1. The van der Waals surface area contributed by atoms with Gasteiger partial charge in [-0.15, -0.1) is 0 Å². The molecule has 0 radical (unpaired) electrons. The van der Waals surface area contributed by atoms with Gasteiger partial charge in [-0.2, -0.15) is 0 Å². The Morgan fingerprint density at radius 2 is 1.70 bits per heavy atom. The number of hydrogen-bond acceptors (Lipinski definition) is 3. The summed E-state index contributed by atoms with van der Waals surface area (Å²) in [6.07, 6.45) is 0.246. The smallest absolute Gasteiger partial charge is 0.311 e. The molecule has 102 valence electrons. The summed E-state index contributed by atoms with van der Waals surface area (Å²) in [5.41, 5.74) is 1.64. The van der Waals surface area contributed by atoms with E-state index in [9.17, 15) is 9.59 Å². The van der Waals surface area contributed by atoms with Crippen molar-refractivity contribution < 1.29 is 14.3 Å². The highest BCUT2D eigenvalue weighted by Crippen LogP contribution is 2.14. The molecule has 0 amide bonds. The molecule has 20 heavy (non-hydrogen) atoms. The molecular weight excluding hydrogens is 252 g/mol. The van der Waals surface area contributed by atoms with Crippen molar-refractivity contribution in [2.75, 3.05) is 0 Å². The van der Waals surface area contributed by atoms with E-state index in [0.29, 0.717) is 11.3 Å². The number of ketones is 1. The molecule has 0 bridgehead atoms. The average Bonchev–Trinajstić information content (AvgIpc) is 2.46. The largest absolute Gasteiger partial charge is 0.427 e. The summed E-state index contributed by atoms with van der Waals surface area (Å²) >= 11 is 0. The second-order valence-corrected chi connectivity index (χ2v) is 4.58. The van der Waals surface area contributed by atoms with E-state index < -0.39 is 0 Å². The van der Waals surface area contributed by atoms with Crippen LogP contribution in [-0.4, -0.2) is 11.8 Å². The van der Waals surface area contributed by atoms with Crippen LogP contribution < -0.4 is 4.74 Å². The molecule has 0 atom stereocenters. The second-order valence-electron chi connectivity index (χ2n) is 4.58. The Hall–Kier alpha value is -2.42. The average molecular weight is 268 g/mol. The van der Waals surface area contributed by atoms with Crippen LogP contribution in [0.5, 0.6) is 5.75 Å². The first-order valence-corrected chi connectivity index (χ1v) is 6.51. The third kappa shape index (κ3) is 4.05. The first kappa shape index (κ1) is 14.0. The Kier molecular flexibility index (Phi) is 4.66. The highest BCUT2D eigenvalue weighted by Gasteiger charge is 2.10. The van der Waals surface area contributed by atoms with Crippen molar-refractivity contribution in [3.8, 4) is 5.75 Å². The monoisotopic (exact) mass is 268 g/mol. The van der Waals surface area contributed by atoms with Crippen LogP contribution in [0.15, 0.2) is 54.6 Å². The Morgan fingerprint density at radius 3 is 2.40 bits per heavy atom.